The van der Waals surface area contributed by atoms with E-state index >= 15 is 0 Å². The van der Waals surface area contributed by atoms with Gasteiger partial charge in [-0.2, -0.15) is 0 Å². The lowest BCUT2D eigenvalue weighted by atomic mass is 10.0. The van der Waals surface area contributed by atoms with E-state index in [1.165, 1.54) is 22.5 Å². The number of fused-ring (bicyclic) bond motifs is 1. The maximum absolute atomic E-state index is 4.72. The van der Waals surface area contributed by atoms with E-state index in [9.17, 15) is 0 Å². The highest BCUT2D eigenvalue weighted by Crippen LogP contribution is 2.49. The predicted molar refractivity (Wildman–Crippen MR) is 139 cm³/mol. The number of rotatable bonds is 5. The number of aryl methyl sites for hydroxylation is 2. The molecular formula is C28H40N4. The molecule has 0 radical (unpaired) electrons. The Hall–Kier alpha value is -2.88. The fraction of sp³-hybridized carbons (Fsp3) is 0.429. The first kappa shape index (κ1) is 25.4. The summed E-state index contributed by atoms with van der Waals surface area (Å²) in [5, 5.41) is 0. The van der Waals surface area contributed by atoms with Crippen LogP contribution in [0.15, 0.2) is 61.1 Å². The van der Waals surface area contributed by atoms with Crippen LogP contribution >= 0.6 is 0 Å². The minimum absolute atomic E-state index is 0.144. The van der Waals surface area contributed by atoms with Crippen molar-refractivity contribution in [3.05, 3.63) is 72.2 Å². The molecule has 0 N–H and O–H groups in total. The molecular weight excluding hydrogens is 392 g/mol. The van der Waals surface area contributed by atoms with Gasteiger partial charge >= 0.3 is 0 Å². The summed E-state index contributed by atoms with van der Waals surface area (Å²) in [4.78, 5) is 13.9. The van der Waals surface area contributed by atoms with E-state index in [2.05, 4.69) is 91.0 Å². The summed E-state index contributed by atoms with van der Waals surface area (Å²) < 4.78 is 0. The first-order valence-electron chi connectivity index (χ1n) is 12.2. The number of aromatic nitrogens is 2. The molecule has 0 saturated heterocycles. The van der Waals surface area contributed by atoms with Gasteiger partial charge in [0.05, 0.1) is 6.20 Å². The summed E-state index contributed by atoms with van der Waals surface area (Å²) >= 11 is 0. The van der Waals surface area contributed by atoms with Crippen LogP contribution in [0.25, 0.3) is 0 Å². The molecule has 4 heteroatoms. The molecule has 2 aromatic carbocycles. The smallest absolute Gasteiger partial charge is 0.162 e. The molecule has 0 amide bonds. The second-order valence-electron chi connectivity index (χ2n) is 7.79. The third-order valence-electron chi connectivity index (χ3n) is 5.43. The summed E-state index contributed by atoms with van der Waals surface area (Å²) in [6.45, 7) is 17.0. The lowest BCUT2D eigenvalue weighted by molar-refractivity contribution is 0.504. The SMILES string of the molecule is CC.CC.CCCc1ccccc1N1c2cncnc2N(c2ccccc2C)C1C(C)C. The lowest BCUT2D eigenvalue weighted by Crippen LogP contribution is -2.43. The number of hydrogen-bond acceptors (Lipinski definition) is 4. The molecule has 0 fully saturated rings. The second-order valence-corrected chi connectivity index (χ2v) is 7.79. The zero-order valence-electron chi connectivity index (χ0n) is 21.1. The standard InChI is InChI=1S/C24H28N4.2C2H6/c1-5-10-19-12-7-9-14-21(19)27-22-15-25-16-26-23(22)28(24(27)17(2)3)20-13-8-6-11-18(20)4;2*1-2/h6-9,11-17,24H,5,10H2,1-4H3;2*1-2H3. The largest absolute Gasteiger partial charge is 0.315 e. The van der Waals surface area contributed by atoms with Crippen LogP contribution in [0.1, 0.15) is 66.0 Å². The summed E-state index contributed by atoms with van der Waals surface area (Å²) in [7, 11) is 0. The number of para-hydroxylation sites is 2. The Bertz CT molecular complexity index is 967. The monoisotopic (exact) mass is 432 g/mol. The maximum Gasteiger partial charge on any atom is 0.162 e. The van der Waals surface area contributed by atoms with E-state index < -0.39 is 0 Å². The van der Waals surface area contributed by atoms with Gasteiger partial charge in [-0.15, -0.1) is 0 Å². The van der Waals surface area contributed by atoms with Gasteiger partial charge in [-0.25, -0.2) is 9.97 Å². The van der Waals surface area contributed by atoms with Gasteiger partial charge in [-0.1, -0.05) is 91.3 Å². The van der Waals surface area contributed by atoms with Crippen LogP contribution in [0.3, 0.4) is 0 Å². The van der Waals surface area contributed by atoms with Crippen molar-refractivity contribution in [2.24, 2.45) is 5.92 Å². The van der Waals surface area contributed by atoms with Gasteiger partial charge in [0.25, 0.3) is 0 Å². The Morgan fingerprint density at radius 3 is 2.09 bits per heavy atom. The van der Waals surface area contributed by atoms with Crippen molar-refractivity contribution in [2.45, 2.75) is 74.4 Å². The minimum Gasteiger partial charge on any atom is -0.315 e. The molecule has 4 rings (SSSR count). The van der Waals surface area contributed by atoms with Gasteiger partial charge in [-0.3, -0.25) is 0 Å². The number of anilines is 4. The number of hydrogen-bond donors (Lipinski definition) is 0. The fourth-order valence-corrected chi connectivity index (χ4v) is 4.24. The van der Waals surface area contributed by atoms with Crippen molar-refractivity contribution in [2.75, 3.05) is 9.80 Å². The highest BCUT2D eigenvalue weighted by atomic mass is 15.5. The Labute approximate surface area is 195 Å². The molecule has 0 saturated carbocycles. The Kier molecular flexibility index (Phi) is 9.70. The fourth-order valence-electron chi connectivity index (χ4n) is 4.24. The molecule has 1 aliphatic rings. The predicted octanol–water partition coefficient (Wildman–Crippen LogP) is 8.06. The molecule has 1 aliphatic heterocycles. The van der Waals surface area contributed by atoms with Gasteiger partial charge in [0.15, 0.2) is 5.82 Å². The first-order chi connectivity index (χ1) is 15.6. The van der Waals surface area contributed by atoms with Crippen LogP contribution in [0.4, 0.5) is 22.9 Å². The summed E-state index contributed by atoms with van der Waals surface area (Å²) in [5.41, 5.74) is 6.17. The Morgan fingerprint density at radius 2 is 1.47 bits per heavy atom. The highest BCUT2D eigenvalue weighted by Gasteiger charge is 2.41. The van der Waals surface area contributed by atoms with E-state index in [-0.39, 0.29) is 6.17 Å². The topological polar surface area (TPSA) is 32.3 Å². The van der Waals surface area contributed by atoms with E-state index in [0.717, 1.165) is 24.3 Å². The first-order valence-corrected chi connectivity index (χ1v) is 12.2. The third-order valence-corrected chi connectivity index (χ3v) is 5.43. The summed E-state index contributed by atoms with van der Waals surface area (Å²) in [6.07, 6.45) is 5.94. The quantitative estimate of drug-likeness (QED) is 0.408. The van der Waals surface area contributed by atoms with Gasteiger partial charge < -0.3 is 9.80 Å². The van der Waals surface area contributed by atoms with Crippen molar-refractivity contribution >= 4 is 22.9 Å². The lowest BCUT2D eigenvalue weighted by Gasteiger charge is -2.37. The van der Waals surface area contributed by atoms with E-state index in [1.54, 1.807) is 6.33 Å². The summed E-state index contributed by atoms with van der Waals surface area (Å²) in [5.74, 6) is 1.37. The Morgan fingerprint density at radius 1 is 0.844 bits per heavy atom. The molecule has 2 heterocycles. The van der Waals surface area contributed by atoms with Crippen LogP contribution in [-0.2, 0) is 6.42 Å². The maximum atomic E-state index is 4.72. The second kappa shape index (κ2) is 12.2. The van der Waals surface area contributed by atoms with Gasteiger partial charge in [0.1, 0.15) is 18.2 Å². The van der Waals surface area contributed by atoms with E-state index in [0.29, 0.717) is 5.92 Å². The summed E-state index contributed by atoms with van der Waals surface area (Å²) in [6, 6.07) is 17.3. The molecule has 0 aliphatic carbocycles. The zero-order valence-corrected chi connectivity index (χ0v) is 21.1. The molecule has 1 atom stereocenters. The van der Waals surface area contributed by atoms with Gasteiger partial charge in [0, 0.05) is 11.4 Å². The molecule has 1 unspecified atom stereocenters. The van der Waals surface area contributed by atoms with Crippen molar-refractivity contribution < 1.29 is 0 Å². The molecule has 4 nitrogen and oxygen atoms in total. The normalized spacial score (nSPS) is 14.3. The third kappa shape index (κ3) is 4.95. The van der Waals surface area contributed by atoms with E-state index in [1.807, 2.05) is 33.9 Å². The molecule has 0 bridgehead atoms. The number of benzene rings is 2. The highest BCUT2D eigenvalue weighted by molar-refractivity contribution is 5.86. The molecule has 3 aromatic rings. The van der Waals surface area contributed by atoms with Crippen molar-refractivity contribution in [1.82, 2.24) is 9.97 Å². The zero-order chi connectivity index (χ0) is 23.7. The molecule has 0 spiro atoms. The molecule has 32 heavy (non-hydrogen) atoms. The minimum atomic E-state index is 0.144. The van der Waals surface area contributed by atoms with Gasteiger partial charge in [-0.05, 0) is 42.5 Å². The van der Waals surface area contributed by atoms with Crippen LogP contribution in [0, 0.1) is 12.8 Å². The molecule has 1 aromatic heterocycles. The van der Waals surface area contributed by atoms with E-state index in [4.69, 9.17) is 4.98 Å². The Balaban J connectivity index is 0.000000860. The average molecular weight is 433 g/mol. The molecule has 172 valence electrons. The van der Waals surface area contributed by atoms with Crippen molar-refractivity contribution in [1.29, 1.82) is 0 Å². The van der Waals surface area contributed by atoms with Crippen LogP contribution in [0.2, 0.25) is 0 Å². The average Bonchev–Trinajstić information content (AvgIpc) is 3.18. The van der Waals surface area contributed by atoms with Crippen molar-refractivity contribution in [3.63, 3.8) is 0 Å². The van der Waals surface area contributed by atoms with Crippen LogP contribution in [0.5, 0.6) is 0 Å². The van der Waals surface area contributed by atoms with Crippen molar-refractivity contribution in [3.8, 4) is 0 Å². The van der Waals surface area contributed by atoms with Gasteiger partial charge in [0.2, 0.25) is 0 Å². The van der Waals surface area contributed by atoms with Crippen LogP contribution in [-0.4, -0.2) is 16.1 Å². The van der Waals surface area contributed by atoms with Crippen LogP contribution < -0.4 is 9.80 Å². The number of nitrogens with zero attached hydrogens (tertiary/aromatic N) is 4.